The van der Waals surface area contributed by atoms with E-state index in [1.807, 2.05) is 6.07 Å². The second-order valence-corrected chi connectivity index (χ2v) is 5.34. The Morgan fingerprint density at radius 1 is 1.33 bits per heavy atom. The summed E-state index contributed by atoms with van der Waals surface area (Å²) in [4.78, 5) is 18.2. The molecule has 0 spiro atoms. The van der Waals surface area contributed by atoms with E-state index in [1.165, 1.54) is 18.5 Å². The normalized spacial score (nSPS) is 17.0. The lowest BCUT2D eigenvalue weighted by molar-refractivity contribution is 0.0798. The van der Waals surface area contributed by atoms with E-state index in [-0.39, 0.29) is 23.4 Å². The SMILES string of the molecule is O=C(c1ncco1)C1CCN(Cc2ccccc2F)CC1. The molecular formula is C16H17FN2O2. The molecule has 1 fully saturated rings. The van der Waals surface area contributed by atoms with Crippen molar-refractivity contribution in [1.82, 2.24) is 9.88 Å². The number of carbonyl (C=O) groups excluding carboxylic acids is 1. The van der Waals surface area contributed by atoms with Gasteiger partial charge in [0.1, 0.15) is 12.1 Å². The Balaban J connectivity index is 1.56. The molecule has 0 unspecified atom stereocenters. The summed E-state index contributed by atoms with van der Waals surface area (Å²) in [6.07, 6.45) is 4.42. The lowest BCUT2D eigenvalue weighted by Crippen LogP contribution is -2.36. The maximum atomic E-state index is 13.6. The first-order valence-corrected chi connectivity index (χ1v) is 7.13. The van der Waals surface area contributed by atoms with Crippen molar-refractivity contribution in [2.75, 3.05) is 13.1 Å². The summed E-state index contributed by atoms with van der Waals surface area (Å²) in [5, 5.41) is 0. The van der Waals surface area contributed by atoms with E-state index < -0.39 is 0 Å². The molecule has 21 heavy (non-hydrogen) atoms. The molecule has 0 atom stereocenters. The molecule has 1 saturated heterocycles. The van der Waals surface area contributed by atoms with Crippen LogP contribution in [0.3, 0.4) is 0 Å². The van der Waals surface area contributed by atoms with E-state index >= 15 is 0 Å². The summed E-state index contributed by atoms with van der Waals surface area (Å²) >= 11 is 0. The Kier molecular flexibility index (Phi) is 4.10. The topological polar surface area (TPSA) is 46.3 Å². The van der Waals surface area contributed by atoms with Crippen molar-refractivity contribution >= 4 is 5.78 Å². The Morgan fingerprint density at radius 2 is 2.10 bits per heavy atom. The van der Waals surface area contributed by atoms with Gasteiger partial charge in [-0.15, -0.1) is 0 Å². The van der Waals surface area contributed by atoms with Gasteiger partial charge in [-0.3, -0.25) is 9.69 Å². The molecule has 0 bridgehead atoms. The van der Waals surface area contributed by atoms with E-state index in [1.54, 1.807) is 12.1 Å². The number of halogens is 1. The molecule has 1 aliphatic heterocycles. The van der Waals surface area contributed by atoms with E-state index in [9.17, 15) is 9.18 Å². The van der Waals surface area contributed by atoms with Gasteiger partial charge >= 0.3 is 0 Å². The van der Waals surface area contributed by atoms with Gasteiger partial charge in [0.2, 0.25) is 5.78 Å². The van der Waals surface area contributed by atoms with Crippen LogP contribution in [0.5, 0.6) is 0 Å². The van der Waals surface area contributed by atoms with Gasteiger partial charge in [-0.05, 0) is 32.0 Å². The van der Waals surface area contributed by atoms with Crippen LogP contribution >= 0.6 is 0 Å². The van der Waals surface area contributed by atoms with Crippen LogP contribution in [0.25, 0.3) is 0 Å². The zero-order valence-electron chi connectivity index (χ0n) is 11.7. The predicted octanol–water partition coefficient (Wildman–Crippen LogP) is 2.91. The highest BCUT2D eigenvalue weighted by Crippen LogP contribution is 2.22. The summed E-state index contributed by atoms with van der Waals surface area (Å²) in [7, 11) is 0. The Bertz CT molecular complexity index is 604. The molecule has 110 valence electrons. The molecule has 0 saturated carbocycles. The second-order valence-electron chi connectivity index (χ2n) is 5.34. The molecule has 1 aliphatic rings. The number of aromatic nitrogens is 1. The maximum Gasteiger partial charge on any atom is 0.263 e. The number of Topliss-reactive ketones (excluding diaryl/α,β-unsaturated/α-hetero) is 1. The molecule has 0 aliphatic carbocycles. The smallest absolute Gasteiger partial charge is 0.263 e. The van der Waals surface area contributed by atoms with Crippen LogP contribution in [0.15, 0.2) is 41.1 Å². The van der Waals surface area contributed by atoms with Crippen molar-refractivity contribution in [1.29, 1.82) is 0 Å². The third-order valence-corrected chi connectivity index (χ3v) is 3.95. The van der Waals surface area contributed by atoms with Crippen LogP contribution < -0.4 is 0 Å². The zero-order chi connectivity index (χ0) is 14.7. The van der Waals surface area contributed by atoms with Crippen LogP contribution in [0, 0.1) is 11.7 Å². The van der Waals surface area contributed by atoms with Crippen LogP contribution in [0.2, 0.25) is 0 Å². The van der Waals surface area contributed by atoms with Crippen molar-refractivity contribution in [3.8, 4) is 0 Å². The number of benzene rings is 1. The molecular weight excluding hydrogens is 271 g/mol. The molecule has 0 amide bonds. The molecule has 0 radical (unpaired) electrons. The molecule has 1 aromatic carbocycles. The number of piperidine rings is 1. The third kappa shape index (κ3) is 3.19. The van der Waals surface area contributed by atoms with E-state index in [2.05, 4.69) is 9.88 Å². The first-order chi connectivity index (χ1) is 10.2. The lowest BCUT2D eigenvalue weighted by Gasteiger charge is -2.30. The largest absolute Gasteiger partial charge is 0.442 e. The van der Waals surface area contributed by atoms with Crippen LogP contribution in [-0.2, 0) is 6.54 Å². The van der Waals surface area contributed by atoms with Gasteiger partial charge in [0.05, 0.1) is 6.20 Å². The van der Waals surface area contributed by atoms with Crippen LogP contribution in [-0.4, -0.2) is 28.8 Å². The van der Waals surface area contributed by atoms with Gasteiger partial charge in [-0.2, -0.15) is 0 Å². The Morgan fingerprint density at radius 3 is 2.76 bits per heavy atom. The number of rotatable bonds is 4. The number of oxazole rings is 1. The van der Waals surface area contributed by atoms with Gasteiger partial charge in [-0.1, -0.05) is 18.2 Å². The van der Waals surface area contributed by atoms with E-state index in [4.69, 9.17) is 4.42 Å². The predicted molar refractivity (Wildman–Crippen MR) is 75.2 cm³/mol. The Labute approximate surface area is 122 Å². The Hall–Kier alpha value is -2.01. The number of ketones is 1. The minimum Gasteiger partial charge on any atom is -0.442 e. The van der Waals surface area contributed by atoms with Crippen molar-refractivity contribution in [3.63, 3.8) is 0 Å². The number of hydrogen-bond acceptors (Lipinski definition) is 4. The number of hydrogen-bond donors (Lipinski definition) is 0. The molecule has 4 nitrogen and oxygen atoms in total. The highest BCUT2D eigenvalue weighted by Gasteiger charge is 2.28. The summed E-state index contributed by atoms with van der Waals surface area (Å²) in [6.45, 7) is 2.16. The molecule has 2 aromatic rings. The van der Waals surface area contributed by atoms with Gasteiger partial charge in [-0.25, -0.2) is 9.37 Å². The van der Waals surface area contributed by atoms with Crippen LogP contribution in [0.4, 0.5) is 4.39 Å². The fourth-order valence-corrected chi connectivity index (χ4v) is 2.74. The summed E-state index contributed by atoms with van der Waals surface area (Å²) in [5.74, 6) is -0.0379. The molecule has 1 aromatic heterocycles. The molecule has 2 heterocycles. The van der Waals surface area contributed by atoms with Crippen molar-refractivity contribution in [3.05, 3.63) is 54.0 Å². The fraction of sp³-hybridized carbons (Fsp3) is 0.375. The number of carbonyl (C=O) groups is 1. The average Bonchev–Trinajstić information content (AvgIpc) is 3.04. The lowest BCUT2D eigenvalue weighted by atomic mass is 9.92. The van der Waals surface area contributed by atoms with E-state index in [0.717, 1.165) is 25.9 Å². The highest BCUT2D eigenvalue weighted by molar-refractivity contribution is 5.93. The average molecular weight is 288 g/mol. The van der Waals surface area contributed by atoms with Gasteiger partial charge in [0, 0.05) is 18.0 Å². The first kappa shape index (κ1) is 13.9. The van der Waals surface area contributed by atoms with Crippen molar-refractivity contribution in [2.45, 2.75) is 19.4 Å². The number of likely N-dealkylation sites (tertiary alicyclic amines) is 1. The first-order valence-electron chi connectivity index (χ1n) is 7.13. The number of nitrogens with zero attached hydrogens (tertiary/aromatic N) is 2. The molecule has 3 rings (SSSR count). The monoisotopic (exact) mass is 288 g/mol. The van der Waals surface area contributed by atoms with Gasteiger partial charge < -0.3 is 4.42 Å². The maximum absolute atomic E-state index is 13.6. The quantitative estimate of drug-likeness (QED) is 0.812. The standard InChI is InChI=1S/C16H17FN2O2/c17-14-4-2-1-3-13(14)11-19-8-5-12(6-9-19)15(20)16-18-7-10-21-16/h1-4,7,10,12H,5-6,8-9,11H2. The fourth-order valence-electron chi connectivity index (χ4n) is 2.74. The van der Waals surface area contributed by atoms with Crippen molar-refractivity contribution < 1.29 is 13.6 Å². The molecule has 5 heteroatoms. The minimum atomic E-state index is -0.171. The van der Waals surface area contributed by atoms with Crippen molar-refractivity contribution in [2.24, 2.45) is 5.92 Å². The molecule has 0 N–H and O–H groups in total. The highest BCUT2D eigenvalue weighted by atomic mass is 19.1. The van der Waals surface area contributed by atoms with Crippen LogP contribution in [0.1, 0.15) is 29.1 Å². The minimum absolute atomic E-state index is 0.0226. The summed E-state index contributed by atoms with van der Waals surface area (Å²) in [5.41, 5.74) is 0.704. The van der Waals surface area contributed by atoms with Gasteiger partial charge in [0.15, 0.2) is 0 Å². The summed E-state index contributed by atoms with van der Waals surface area (Å²) < 4.78 is 18.7. The van der Waals surface area contributed by atoms with E-state index in [0.29, 0.717) is 12.1 Å². The second kappa shape index (κ2) is 6.18. The third-order valence-electron chi connectivity index (χ3n) is 3.95. The summed E-state index contributed by atoms with van der Waals surface area (Å²) in [6, 6.07) is 6.82. The zero-order valence-corrected chi connectivity index (χ0v) is 11.7. The van der Waals surface area contributed by atoms with Gasteiger partial charge in [0.25, 0.3) is 5.89 Å².